The molecule has 3 aromatic carbocycles. The van der Waals surface area contributed by atoms with Gasteiger partial charge in [0.25, 0.3) is 15.9 Å². The molecule has 1 amide bonds. The lowest BCUT2D eigenvalue weighted by Crippen LogP contribution is -2.39. The first kappa shape index (κ1) is 27.3. The Hall–Kier alpha value is -4.25. The van der Waals surface area contributed by atoms with Crippen molar-refractivity contribution in [3.05, 3.63) is 72.3 Å². The molecule has 0 spiro atoms. The Labute approximate surface area is 216 Å². The van der Waals surface area contributed by atoms with Gasteiger partial charge in [0, 0.05) is 6.07 Å². The molecule has 0 saturated heterocycles. The van der Waals surface area contributed by atoms with Crippen LogP contribution < -0.4 is 28.7 Å². The molecule has 0 aliphatic heterocycles. The zero-order valence-corrected chi connectivity index (χ0v) is 21.8. The number of nitrogens with one attached hydrogen (secondary N) is 1. The first-order valence-corrected chi connectivity index (χ1v) is 12.7. The third-order valence-electron chi connectivity index (χ3n) is 5.16. The van der Waals surface area contributed by atoms with Crippen molar-refractivity contribution in [2.45, 2.75) is 11.8 Å². The smallest absolute Gasteiger partial charge is 0.264 e. The van der Waals surface area contributed by atoms with Crippen molar-refractivity contribution < 1.29 is 32.2 Å². The number of nitrogens with zero attached hydrogens (tertiary/aromatic N) is 2. The third-order valence-corrected chi connectivity index (χ3v) is 6.93. The Morgan fingerprint density at radius 3 is 2.30 bits per heavy atom. The molecule has 0 heterocycles. The molecule has 0 unspecified atom stereocenters. The van der Waals surface area contributed by atoms with E-state index in [1.807, 2.05) is 6.92 Å². The number of rotatable bonds is 12. The molecule has 11 heteroatoms. The van der Waals surface area contributed by atoms with Gasteiger partial charge in [0.15, 0.2) is 11.5 Å². The standard InChI is InChI=1S/C26H29N3O7S/c1-5-36-21-11-9-20(10-12-21)29(37(31,32)23-13-14-24(34-3)25(16-23)35-4)18-26(30)28-27-17-19-7-6-8-22(15-19)33-2/h6-17H,5,18H2,1-4H3,(H,28,30)/b27-17-. The van der Waals surface area contributed by atoms with E-state index in [0.29, 0.717) is 29.4 Å². The summed E-state index contributed by atoms with van der Waals surface area (Å²) in [6.45, 7) is 1.78. The van der Waals surface area contributed by atoms with Crippen molar-refractivity contribution >= 4 is 27.8 Å². The first-order valence-electron chi connectivity index (χ1n) is 11.3. The molecule has 0 radical (unpaired) electrons. The van der Waals surface area contributed by atoms with Crippen LogP contribution in [0.25, 0.3) is 0 Å². The Morgan fingerprint density at radius 1 is 0.919 bits per heavy atom. The summed E-state index contributed by atoms with van der Waals surface area (Å²) in [4.78, 5) is 12.7. The minimum absolute atomic E-state index is 0.0771. The van der Waals surface area contributed by atoms with E-state index in [1.165, 1.54) is 38.6 Å². The summed E-state index contributed by atoms with van der Waals surface area (Å²) >= 11 is 0. The second kappa shape index (κ2) is 12.6. The highest BCUT2D eigenvalue weighted by Crippen LogP contribution is 2.32. The molecule has 0 saturated carbocycles. The van der Waals surface area contributed by atoms with Crippen LogP contribution in [0.3, 0.4) is 0 Å². The molecule has 0 aromatic heterocycles. The lowest BCUT2D eigenvalue weighted by atomic mass is 10.2. The van der Waals surface area contributed by atoms with E-state index in [4.69, 9.17) is 18.9 Å². The number of hydrazone groups is 1. The molecule has 0 aliphatic rings. The van der Waals surface area contributed by atoms with Crippen LogP contribution in [-0.4, -0.2) is 55.0 Å². The first-order chi connectivity index (χ1) is 17.8. The monoisotopic (exact) mass is 527 g/mol. The van der Waals surface area contributed by atoms with Crippen molar-refractivity contribution in [2.24, 2.45) is 5.10 Å². The summed E-state index contributed by atoms with van der Waals surface area (Å²) in [6.07, 6.45) is 1.43. The number of anilines is 1. The molecule has 3 rings (SSSR count). The predicted molar refractivity (Wildman–Crippen MR) is 140 cm³/mol. The second-order valence-corrected chi connectivity index (χ2v) is 9.39. The largest absolute Gasteiger partial charge is 0.497 e. The maximum absolute atomic E-state index is 13.7. The van der Waals surface area contributed by atoms with Gasteiger partial charge in [0.1, 0.15) is 18.0 Å². The van der Waals surface area contributed by atoms with Crippen LogP contribution in [0.15, 0.2) is 76.7 Å². The maximum atomic E-state index is 13.7. The topological polar surface area (TPSA) is 116 Å². The van der Waals surface area contributed by atoms with Crippen molar-refractivity contribution in [3.8, 4) is 23.0 Å². The number of hydrogen-bond donors (Lipinski definition) is 1. The molecule has 0 fully saturated rings. The molecule has 196 valence electrons. The number of benzene rings is 3. The highest BCUT2D eigenvalue weighted by molar-refractivity contribution is 7.92. The van der Waals surface area contributed by atoms with E-state index in [-0.39, 0.29) is 16.3 Å². The zero-order valence-electron chi connectivity index (χ0n) is 21.0. The summed E-state index contributed by atoms with van der Waals surface area (Å²) < 4.78 is 49.4. The molecular formula is C26H29N3O7S. The van der Waals surface area contributed by atoms with Crippen LogP contribution in [0.5, 0.6) is 23.0 Å². The van der Waals surface area contributed by atoms with Crippen molar-refractivity contribution in [3.63, 3.8) is 0 Å². The van der Waals surface area contributed by atoms with Gasteiger partial charge in [0.05, 0.1) is 44.7 Å². The van der Waals surface area contributed by atoms with E-state index < -0.39 is 22.5 Å². The van der Waals surface area contributed by atoms with E-state index >= 15 is 0 Å². The predicted octanol–water partition coefficient (Wildman–Crippen LogP) is 3.46. The van der Waals surface area contributed by atoms with Gasteiger partial charge in [0.2, 0.25) is 0 Å². The SMILES string of the molecule is CCOc1ccc(N(CC(=O)N/N=C\c2cccc(OC)c2)S(=O)(=O)c2ccc(OC)c(OC)c2)cc1. The van der Waals surface area contributed by atoms with Gasteiger partial charge >= 0.3 is 0 Å². The Morgan fingerprint density at radius 2 is 1.65 bits per heavy atom. The van der Waals surface area contributed by atoms with Gasteiger partial charge in [-0.25, -0.2) is 13.8 Å². The fourth-order valence-electron chi connectivity index (χ4n) is 3.36. The maximum Gasteiger partial charge on any atom is 0.264 e. The van der Waals surface area contributed by atoms with Gasteiger partial charge < -0.3 is 18.9 Å². The molecule has 1 N–H and O–H groups in total. The highest BCUT2D eigenvalue weighted by Gasteiger charge is 2.28. The molecule has 37 heavy (non-hydrogen) atoms. The molecule has 0 atom stereocenters. The minimum atomic E-state index is -4.19. The quantitative estimate of drug-likeness (QED) is 0.283. The number of methoxy groups -OCH3 is 3. The zero-order chi connectivity index (χ0) is 26.8. The minimum Gasteiger partial charge on any atom is -0.497 e. The Balaban J connectivity index is 1.89. The lowest BCUT2D eigenvalue weighted by Gasteiger charge is -2.24. The lowest BCUT2D eigenvalue weighted by molar-refractivity contribution is -0.119. The van der Waals surface area contributed by atoms with E-state index in [2.05, 4.69) is 10.5 Å². The van der Waals surface area contributed by atoms with E-state index in [9.17, 15) is 13.2 Å². The number of carbonyl (C=O) groups excluding carboxylic acids is 1. The van der Waals surface area contributed by atoms with Gasteiger partial charge in [-0.15, -0.1) is 0 Å². The number of hydrogen-bond acceptors (Lipinski definition) is 8. The van der Waals surface area contributed by atoms with Crippen LogP contribution in [0.1, 0.15) is 12.5 Å². The molecule has 10 nitrogen and oxygen atoms in total. The van der Waals surface area contributed by atoms with Crippen molar-refractivity contribution in [2.75, 3.05) is 38.8 Å². The average molecular weight is 528 g/mol. The van der Waals surface area contributed by atoms with Crippen LogP contribution in [-0.2, 0) is 14.8 Å². The summed E-state index contributed by atoms with van der Waals surface area (Å²) in [5.74, 6) is 1.18. The number of ether oxygens (including phenoxy) is 4. The molecule has 3 aromatic rings. The van der Waals surface area contributed by atoms with Gasteiger partial charge in [-0.3, -0.25) is 9.10 Å². The fourth-order valence-corrected chi connectivity index (χ4v) is 4.80. The fraction of sp³-hybridized carbons (Fsp3) is 0.231. The molecular weight excluding hydrogens is 498 g/mol. The van der Waals surface area contributed by atoms with Crippen LogP contribution in [0.4, 0.5) is 5.69 Å². The van der Waals surface area contributed by atoms with Crippen LogP contribution in [0.2, 0.25) is 0 Å². The number of amides is 1. The van der Waals surface area contributed by atoms with Gasteiger partial charge in [-0.2, -0.15) is 5.10 Å². The average Bonchev–Trinajstić information content (AvgIpc) is 2.92. The van der Waals surface area contributed by atoms with Crippen molar-refractivity contribution in [1.82, 2.24) is 5.43 Å². The Kier molecular flexibility index (Phi) is 9.33. The van der Waals surface area contributed by atoms with Crippen molar-refractivity contribution in [1.29, 1.82) is 0 Å². The summed E-state index contributed by atoms with van der Waals surface area (Å²) in [6, 6.07) is 17.7. The molecule has 0 bridgehead atoms. The van der Waals surface area contributed by atoms with Crippen LogP contribution >= 0.6 is 0 Å². The van der Waals surface area contributed by atoms with E-state index in [1.54, 1.807) is 55.6 Å². The summed E-state index contributed by atoms with van der Waals surface area (Å²) in [5.41, 5.74) is 3.34. The third kappa shape index (κ3) is 6.91. The Bertz CT molecular complexity index is 1340. The van der Waals surface area contributed by atoms with Crippen LogP contribution in [0, 0.1) is 0 Å². The second-order valence-electron chi connectivity index (χ2n) is 7.53. The van der Waals surface area contributed by atoms with Gasteiger partial charge in [-0.05, 0) is 61.0 Å². The van der Waals surface area contributed by atoms with E-state index in [0.717, 1.165) is 4.31 Å². The van der Waals surface area contributed by atoms with Gasteiger partial charge in [-0.1, -0.05) is 12.1 Å². The number of carbonyl (C=O) groups is 1. The molecule has 0 aliphatic carbocycles. The number of sulfonamides is 1. The highest BCUT2D eigenvalue weighted by atomic mass is 32.2. The summed E-state index contributed by atoms with van der Waals surface area (Å²) in [7, 11) is 0.220. The normalized spacial score (nSPS) is 11.1. The summed E-state index contributed by atoms with van der Waals surface area (Å²) in [5, 5.41) is 3.95.